The normalized spacial score (nSPS) is 22.0. The Kier molecular flexibility index (Phi) is 5.45. The van der Waals surface area contributed by atoms with Crippen LogP contribution < -0.4 is 10.6 Å². The van der Waals surface area contributed by atoms with Crippen LogP contribution in [0.3, 0.4) is 0 Å². The second-order valence-electron chi connectivity index (χ2n) is 6.54. The van der Waals surface area contributed by atoms with E-state index in [0.717, 1.165) is 25.7 Å². The van der Waals surface area contributed by atoms with Crippen LogP contribution in [0.2, 0.25) is 5.15 Å². The third-order valence-electron chi connectivity index (χ3n) is 3.40. The second-order valence-corrected chi connectivity index (χ2v) is 6.93. The Bertz CT molecular complexity index is 511. The minimum atomic E-state index is -0.466. The van der Waals surface area contributed by atoms with Gasteiger partial charge in [-0.25, -0.2) is 14.8 Å². The van der Waals surface area contributed by atoms with Crippen molar-refractivity contribution in [1.82, 2.24) is 15.3 Å². The highest BCUT2D eigenvalue weighted by Crippen LogP contribution is 2.22. The van der Waals surface area contributed by atoms with E-state index in [9.17, 15) is 4.79 Å². The van der Waals surface area contributed by atoms with Crippen LogP contribution in [0.25, 0.3) is 0 Å². The van der Waals surface area contributed by atoms with Crippen molar-refractivity contribution in [3.63, 3.8) is 0 Å². The van der Waals surface area contributed by atoms with Gasteiger partial charge in [0, 0.05) is 18.3 Å². The van der Waals surface area contributed by atoms with Crippen LogP contribution in [0, 0.1) is 0 Å². The lowest BCUT2D eigenvalue weighted by Gasteiger charge is -2.30. The molecule has 0 radical (unpaired) electrons. The number of halogens is 1. The third kappa shape index (κ3) is 5.67. The maximum absolute atomic E-state index is 11.8. The molecule has 1 saturated carbocycles. The molecule has 6 nitrogen and oxygen atoms in total. The molecule has 0 saturated heterocycles. The molecule has 0 bridgehead atoms. The fourth-order valence-corrected chi connectivity index (χ4v) is 2.58. The number of anilines is 1. The van der Waals surface area contributed by atoms with E-state index in [0.29, 0.717) is 17.1 Å². The van der Waals surface area contributed by atoms with Crippen molar-refractivity contribution in [2.24, 2.45) is 0 Å². The number of hydrogen-bond donors (Lipinski definition) is 2. The van der Waals surface area contributed by atoms with Crippen LogP contribution >= 0.6 is 11.6 Å². The number of hydrogen-bond acceptors (Lipinski definition) is 5. The first kappa shape index (κ1) is 16.8. The lowest BCUT2D eigenvalue weighted by Crippen LogP contribution is -2.42. The monoisotopic (exact) mass is 326 g/mol. The van der Waals surface area contributed by atoms with Gasteiger partial charge in [-0.05, 0) is 52.5 Å². The number of ether oxygens (including phenoxy) is 1. The fraction of sp³-hybridized carbons (Fsp3) is 0.667. The number of rotatable bonds is 3. The van der Waals surface area contributed by atoms with Crippen molar-refractivity contribution >= 4 is 23.6 Å². The predicted octanol–water partition coefficient (Wildman–Crippen LogP) is 3.38. The smallest absolute Gasteiger partial charge is 0.407 e. The Labute approximate surface area is 136 Å². The molecule has 1 aromatic rings. The zero-order chi connectivity index (χ0) is 16.2. The number of alkyl carbamates (subject to hydrolysis) is 1. The van der Waals surface area contributed by atoms with E-state index in [-0.39, 0.29) is 12.1 Å². The predicted molar refractivity (Wildman–Crippen MR) is 86.1 cm³/mol. The maximum Gasteiger partial charge on any atom is 0.407 e. The first-order valence-electron chi connectivity index (χ1n) is 7.56. The molecule has 0 atom stereocenters. The number of nitrogens with one attached hydrogen (secondary N) is 2. The minimum Gasteiger partial charge on any atom is -0.444 e. The molecule has 1 aliphatic carbocycles. The lowest BCUT2D eigenvalue weighted by atomic mass is 9.91. The summed E-state index contributed by atoms with van der Waals surface area (Å²) in [7, 11) is 0. The van der Waals surface area contributed by atoms with Crippen molar-refractivity contribution in [1.29, 1.82) is 0 Å². The lowest BCUT2D eigenvalue weighted by molar-refractivity contribution is 0.0492. The van der Waals surface area contributed by atoms with Gasteiger partial charge in [-0.3, -0.25) is 0 Å². The van der Waals surface area contributed by atoms with Gasteiger partial charge in [-0.2, -0.15) is 0 Å². The van der Waals surface area contributed by atoms with Gasteiger partial charge in [-0.15, -0.1) is 0 Å². The average Bonchev–Trinajstić information content (AvgIpc) is 2.39. The van der Waals surface area contributed by atoms with Crippen molar-refractivity contribution < 1.29 is 9.53 Å². The fourth-order valence-electron chi connectivity index (χ4n) is 2.45. The number of carbonyl (C=O) groups is 1. The highest BCUT2D eigenvalue weighted by molar-refractivity contribution is 6.29. The van der Waals surface area contributed by atoms with Gasteiger partial charge in [0.25, 0.3) is 0 Å². The van der Waals surface area contributed by atoms with Gasteiger partial charge in [0.05, 0.1) is 0 Å². The molecule has 2 N–H and O–H groups in total. The molecule has 0 aliphatic heterocycles. The van der Waals surface area contributed by atoms with Crippen LogP contribution in [-0.2, 0) is 4.74 Å². The summed E-state index contributed by atoms with van der Waals surface area (Å²) >= 11 is 5.84. The topological polar surface area (TPSA) is 76.1 Å². The summed E-state index contributed by atoms with van der Waals surface area (Å²) in [4.78, 5) is 20.0. The molecule has 1 aliphatic rings. The molecule has 0 spiro atoms. The zero-order valence-corrected chi connectivity index (χ0v) is 14.0. The zero-order valence-electron chi connectivity index (χ0n) is 13.2. The molecule has 1 fully saturated rings. The average molecular weight is 327 g/mol. The number of nitrogens with zero attached hydrogens (tertiary/aromatic N) is 2. The van der Waals surface area contributed by atoms with Crippen LogP contribution in [0.15, 0.2) is 12.3 Å². The molecular formula is C15H23ClN4O2. The second kappa shape index (κ2) is 7.13. The van der Waals surface area contributed by atoms with Gasteiger partial charge in [-0.1, -0.05) is 11.6 Å². The highest BCUT2D eigenvalue weighted by atomic mass is 35.5. The van der Waals surface area contributed by atoms with Crippen LogP contribution in [0.5, 0.6) is 0 Å². The van der Waals surface area contributed by atoms with E-state index in [1.807, 2.05) is 20.8 Å². The molecular weight excluding hydrogens is 304 g/mol. The molecule has 22 heavy (non-hydrogen) atoms. The number of aromatic nitrogens is 2. The quantitative estimate of drug-likeness (QED) is 0.833. The molecule has 7 heteroatoms. The van der Waals surface area contributed by atoms with E-state index in [4.69, 9.17) is 16.3 Å². The molecule has 0 aromatic carbocycles. The van der Waals surface area contributed by atoms with E-state index >= 15 is 0 Å². The number of amides is 1. The summed E-state index contributed by atoms with van der Waals surface area (Å²) in [5, 5.41) is 6.64. The largest absolute Gasteiger partial charge is 0.444 e. The van der Waals surface area contributed by atoms with Crippen molar-refractivity contribution in [3.8, 4) is 0 Å². The van der Waals surface area contributed by atoms with Gasteiger partial charge in [0.1, 0.15) is 10.8 Å². The first-order valence-corrected chi connectivity index (χ1v) is 7.94. The molecule has 1 heterocycles. The summed E-state index contributed by atoms with van der Waals surface area (Å²) in [5.41, 5.74) is -0.466. The van der Waals surface area contributed by atoms with E-state index < -0.39 is 5.60 Å². The third-order valence-corrected chi connectivity index (χ3v) is 3.61. The van der Waals surface area contributed by atoms with Crippen LogP contribution in [0.1, 0.15) is 46.5 Å². The molecule has 1 aromatic heterocycles. The SMILES string of the molecule is CC(C)(C)OC(=O)NC1CCC(Nc2nccc(Cl)n2)CC1. The molecule has 122 valence electrons. The highest BCUT2D eigenvalue weighted by Gasteiger charge is 2.25. The summed E-state index contributed by atoms with van der Waals surface area (Å²) < 4.78 is 5.28. The van der Waals surface area contributed by atoms with Gasteiger partial charge >= 0.3 is 6.09 Å². The van der Waals surface area contributed by atoms with Crippen molar-refractivity contribution in [3.05, 3.63) is 17.4 Å². The van der Waals surface area contributed by atoms with Gasteiger partial charge in [0.15, 0.2) is 0 Å². The molecule has 2 rings (SSSR count). The van der Waals surface area contributed by atoms with E-state index in [1.165, 1.54) is 0 Å². The summed E-state index contributed by atoms with van der Waals surface area (Å²) in [6.45, 7) is 5.58. The Morgan fingerprint density at radius 1 is 1.27 bits per heavy atom. The summed E-state index contributed by atoms with van der Waals surface area (Å²) in [6, 6.07) is 2.11. The van der Waals surface area contributed by atoms with Crippen LogP contribution in [-0.4, -0.2) is 33.7 Å². The minimum absolute atomic E-state index is 0.160. The van der Waals surface area contributed by atoms with Crippen LogP contribution in [0.4, 0.5) is 10.7 Å². The van der Waals surface area contributed by atoms with E-state index in [1.54, 1.807) is 12.3 Å². The Morgan fingerprint density at radius 2 is 1.91 bits per heavy atom. The summed E-state index contributed by atoms with van der Waals surface area (Å²) in [6.07, 6.45) is 4.97. The Hall–Kier alpha value is -1.56. The van der Waals surface area contributed by atoms with Crippen molar-refractivity contribution in [2.75, 3.05) is 5.32 Å². The standard InChI is InChI=1S/C15H23ClN4O2/c1-15(2,3)22-14(21)19-11-6-4-10(5-7-11)18-13-17-9-8-12(16)20-13/h8-11H,4-7H2,1-3H3,(H,19,21)(H,17,18,20). The van der Waals surface area contributed by atoms with Gasteiger partial charge < -0.3 is 15.4 Å². The maximum atomic E-state index is 11.8. The molecule has 1 amide bonds. The Balaban J connectivity index is 1.75. The van der Waals surface area contributed by atoms with E-state index in [2.05, 4.69) is 20.6 Å². The first-order chi connectivity index (χ1) is 10.3. The van der Waals surface area contributed by atoms with Crippen molar-refractivity contribution in [2.45, 2.75) is 64.1 Å². The number of carbonyl (C=O) groups excluding carboxylic acids is 1. The Morgan fingerprint density at radius 3 is 2.50 bits per heavy atom. The van der Waals surface area contributed by atoms with Gasteiger partial charge in [0.2, 0.25) is 5.95 Å². The molecule has 0 unspecified atom stereocenters. The summed E-state index contributed by atoms with van der Waals surface area (Å²) in [5.74, 6) is 0.552.